The molecule has 0 saturated carbocycles. The van der Waals surface area contributed by atoms with Crippen LogP contribution in [-0.4, -0.2) is 88.0 Å². The van der Waals surface area contributed by atoms with E-state index in [-0.39, 0.29) is 16.9 Å². The Hall–Kier alpha value is -2.20. The summed E-state index contributed by atoms with van der Waals surface area (Å²) >= 11 is 0. The van der Waals surface area contributed by atoms with Crippen LogP contribution in [0.25, 0.3) is 0 Å². The van der Waals surface area contributed by atoms with Crippen LogP contribution in [0.5, 0.6) is 0 Å². The van der Waals surface area contributed by atoms with Crippen LogP contribution in [0.1, 0.15) is 39.5 Å². The molecule has 0 N–H and O–H groups in total. The number of halogens is 1. The SMILES string of the molecule is CCN(CC)C(=O)CN1CCC(ON=C2CCN(c3ccc(S(C)(=O)=O)cc3F)CC2)CC1. The van der Waals surface area contributed by atoms with Gasteiger partial charge in [0.1, 0.15) is 11.9 Å². The molecule has 10 heteroatoms. The number of amides is 1. The van der Waals surface area contributed by atoms with E-state index in [2.05, 4.69) is 10.1 Å². The number of hydrogen-bond donors (Lipinski definition) is 0. The maximum Gasteiger partial charge on any atom is 0.236 e. The molecule has 184 valence electrons. The van der Waals surface area contributed by atoms with Gasteiger partial charge in [-0.2, -0.15) is 0 Å². The van der Waals surface area contributed by atoms with Crippen LogP contribution >= 0.6 is 0 Å². The molecule has 0 radical (unpaired) electrons. The van der Waals surface area contributed by atoms with Gasteiger partial charge in [-0.15, -0.1) is 0 Å². The van der Waals surface area contributed by atoms with Crippen molar-refractivity contribution in [3.63, 3.8) is 0 Å². The third kappa shape index (κ3) is 6.89. The van der Waals surface area contributed by atoms with Crippen molar-refractivity contribution in [3.8, 4) is 0 Å². The lowest BCUT2D eigenvalue weighted by Gasteiger charge is -2.32. The zero-order chi connectivity index (χ0) is 24.0. The van der Waals surface area contributed by atoms with Crippen LogP contribution in [-0.2, 0) is 19.5 Å². The van der Waals surface area contributed by atoms with Gasteiger partial charge in [0.25, 0.3) is 0 Å². The van der Waals surface area contributed by atoms with E-state index in [4.69, 9.17) is 4.84 Å². The number of carbonyl (C=O) groups is 1. The molecule has 33 heavy (non-hydrogen) atoms. The second kappa shape index (κ2) is 11.3. The van der Waals surface area contributed by atoms with E-state index < -0.39 is 15.7 Å². The molecule has 2 heterocycles. The molecule has 1 aromatic carbocycles. The minimum absolute atomic E-state index is 0.0140. The van der Waals surface area contributed by atoms with Gasteiger partial charge in [0, 0.05) is 58.4 Å². The molecule has 2 fully saturated rings. The quantitative estimate of drug-likeness (QED) is 0.530. The predicted octanol–water partition coefficient (Wildman–Crippen LogP) is 2.53. The Morgan fingerprint density at radius 3 is 2.33 bits per heavy atom. The number of sulfone groups is 1. The van der Waals surface area contributed by atoms with Crippen LogP contribution in [0.3, 0.4) is 0 Å². The average molecular weight is 483 g/mol. The van der Waals surface area contributed by atoms with Crippen molar-refractivity contribution in [1.82, 2.24) is 9.80 Å². The standard InChI is InChI=1S/C23H35FN4O4S/c1-4-27(5-2)23(29)17-26-12-10-19(11-13-26)32-25-18-8-14-28(15-9-18)22-7-6-20(16-21(22)24)33(3,30)31/h6-7,16,19H,4-5,8-15,17H2,1-3H3. The molecule has 0 aromatic heterocycles. The summed E-state index contributed by atoms with van der Waals surface area (Å²) in [6.07, 6.45) is 4.14. The lowest BCUT2D eigenvalue weighted by atomic mass is 10.1. The Balaban J connectivity index is 1.44. The second-order valence-electron chi connectivity index (χ2n) is 8.68. The Morgan fingerprint density at radius 1 is 1.15 bits per heavy atom. The summed E-state index contributed by atoms with van der Waals surface area (Å²) in [6, 6.07) is 4.06. The van der Waals surface area contributed by atoms with E-state index in [9.17, 15) is 17.6 Å². The summed E-state index contributed by atoms with van der Waals surface area (Å²) in [4.78, 5) is 24.0. The van der Waals surface area contributed by atoms with Crippen molar-refractivity contribution >= 4 is 27.1 Å². The van der Waals surface area contributed by atoms with E-state index in [1.165, 1.54) is 12.1 Å². The summed E-state index contributed by atoms with van der Waals surface area (Å²) in [5, 5.41) is 4.37. The molecule has 1 amide bonds. The topological polar surface area (TPSA) is 82.5 Å². The normalized spacial score (nSPS) is 18.3. The molecule has 2 aliphatic rings. The highest BCUT2D eigenvalue weighted by Gasteiger charge is 2.24. The zero-order valence-electron chi connectivity index (χ0n) is 19.8. The molecule has 0 spiro atoms. The molecule has 3 rings (SSSR count). The fraction of sp³-hybridized carbons (Fsp3) is 0.652. The summed E-state index contributed by atoms with van der Waals surface area (Å²) in [5.74, 6) is -0.352. The van der Waals surface area contributed by atoms with E-state index in [1.54, 1.807) is 0 Å². The summed E-state index contributed by atoms with van der Waals surface area (Å²) in [7, 11) is -3.43. The highest BCUT2D eigenvalue weighted by Crippen LogP contribution is 2.25. The Bertz CT molecular complexity index is 947. The molecule has 0 unspecified atom stereocenters. The third-order valence-electron chi connectivity index (χ3n) is 6.37. The van der Waals surface area contributed by atoms with Crippen LogP contribution in [0.15, 0.2) is 28.3 Å². The lowest BCUT2D eigenvalue weighted by molar-refractivity contribution is -0.132. The molecule has 0 atom stereocenters. The fourth-order valence-electron chi connectivity index (χ4n) is 4.26. The number of anilines is 1. The van der Waals surface area contributed by atoms with E-state index in [1.807, 2.05) is 23.6 Å². The van der Waals surface area contributed by atoms with Crippen molar-refractivity contribution < 1.29 is 22.4 Å². The Kier molecular flexibility index (Phi) is 8.69. The van der Waals surface area contributed by atoms with Gasteiger partial charge in [0.15, 0.2) is 9.84 Å². The fourth-order valence-corrected chi connectivity index (χ4v) is 4.89. The van der Waals surface area contributed by atoms with Crippen LogP contribution in [0, 0.1) is 5.82 Å². The molecule has 2 aliphatic heterocycles. The monoisotopic (exact) mass is 482 g/mol. The van der Waals surface area contributed by atoms with Gasteiger partial charge in [0.05, 0.1) is 22.8 Å². The Labute approximate surface area is 196 Å². The van der Waals surface area contributed by atoms with E-state index in [0.29, 0.717) is 38.2 Å². The maximum absolute atomic E-state index is 14.5. The smallest absolute Gasteiger partial charge is 0.236 e. The number of hydrogen-bond acceptors (Lipinski definition) is 7. The highest BCUT2D eigenvalue weighted by atomic mass is 32.2. The third-order valence-corrected chi connectivity index (χ3v) is 7.48. The van der Waals surface area contributed by atoms with E-state index >= 15 is 0 Å². The second-order valence-corrected chi connectivity index (χ2v) is 10.7. The van der Waals surface area contributed by atoms with Gasteiger partial charge in [0.2, 0.25) is 5.91 Å². The van der Waals surface area contributed by atoms with Crippen LogP contribution in [0.4, 0.5) is 10.1 Å². The number of oxime groups is 1. The number of piperidine rings is 2. The highest BCUT2D eigenvalue weighted by molar-refractivity contribution is 7.90. The summed E-state index contributed by atoms with van der Waals surface area (Å²) in [6.45, 7) is 8.77. The predicted molar refractivity (Wildman–Crippen MR) is 127 cm³/mol. The van der Waals surface area contributed by atoms with Gasteiger partial charge in [-0.05, 0) is 44.9 Å². The van der Waals surface area contributed by atoms with Gasteiger partial charge in [-0.25, -0.2) is 12.8 Å². The first-order valence-corrected chi connectivity index (χ1v) is 13.6. The van der Waals surface area contributed by atoms with Crippen molar-refractivity contribution in [3.05, 3.63) is 24.0 Å². The zero-order valence-corrected chi connectivity index (χ0v) is 20.6. The van der Waals surface area contributed by atoms with E-state index in [0.717, 1.165) is 57.1 Å². The first-order valence-electron chi connectivity index (χ1n) is 11.7. The number of likely N-dealkylation sites (tertiary alicyclic amines) is 1. The number of carbonyl (C=O) groups excluding carboxylic acids is 1. The maximum atomic E-state index is 14.5. The summed E-state index contributed by atoms with van der Waals surface area (Å²) in [5.41, 5.74) is 1.37. The minimum atomic E-state index is -3.43. The molecular formula is C23H35FN4O4S. The molecule has 1 aromatic rings. The molecule has 0 aliphatic carbocycles. The number of rotatable bonds is 8. The van der Waals surface area contributed by atoms with Gasteiger partial charge >= 0.3 is 0 Å². The average Bonchev–Trinajstić information content (AvgIpc) is 2.79. The molecule has 8 nitrogen and oxygen atoms in total. The number of benzene rings is 1. The van der Waals surface area contributed by atoms with Gasteiger partial charge in [-0.1, -0.05) is 5.16 Å². The molecular weight excluding hydrogens is 447 g/mol. The van der Waals surface area contributed by atoms with Crippen molar-refractivity contribution in [2.24, 2.45) is 5.16 Å². The molecule has 2 saturated heterocycles. The van der Waals surface area contributed by atoms with Gasteiger partial charge < -0.3 is 14.6 Å². The van der Waals surface area contributed by atoms with Crippen molar-refractivity contribution in [2.75, 3.05) is 57.0 Å². The van der Waals surface area contributed by atoms with Crippen molar-refractivity contribution in [2.45, 2.75) is 50.5 Å². The number of nitrogens with zero attached hydrogens (tertiary/aromatic N) is 4. The molecule has 0 bridgehead atoms. The van der Waals surface area contributed by atoms with Crippen LogP contribution < -0.4 is 4.90 Å². The lowest BCUT2D eigenvalue weighted by Crippen LogP contribution is -2.44. The van der Waals surface area contributed by atoms with Gasteiger partial charge in [-0.3, -0.25) is 9.69 Å². The first kappa shape index (κ1) is 25.4. The Morgan fingerprint density at radius 2 is 1.79 bits per heavy atom. The van der Waals surface area contributed by atoms with Crippen LogP contribution in [0.2, 0.25) is 0 Å². The number of likely N-dealkylation sites (N-methyl/N-ethyl adjacent to an activating group) is 1. The largest absolute Gasteiger partial charge is 0.392 e. The van der Waals surface area contributed by atoms with Crippen molar-refractivity contribution in [1.29, 1.82) is 0 Å². The minimum Gasteiger partial charge on any atom is -0.392 e. The summed E-state index contributed by atoms with van der Waals surface area (Å²) < 4.78 is 37.7. The first-order chi connectivity index (χ1) is 15.7.